The molecule has 2 aliphatic heterocycles. The van der Waals surface area contributed by atoms with E-state index in [9.17, 15) is 24.5 Å². The molecule has 0 spiro atoms. The summed E-state index contributed by atoms with van der Waals surface area (Å²) >= 11 is 5.06. The lowest BCUT2D eigenvalue weighted by Gasteiger charge is -2.45. The molecule has 2 saturated heterocycles. The average molecular weight is 391 g/mol. The Kier molecular flexibility index (Phi) is 4.44. The summed E-state index contributed by atoms with van der Waals surface area (Å²) in [5.74, 6) is -1.32. The summed E-state index contributed by atoms with van der Waals surface area (Å²) in [6.45, 7) is 4.81. The molecule has 0 bridgehead atoms. The molecule has 142 valence electrons. The molecule has 3 amide bonds. The zero-order valence-corrected chi connectivity index (χ0v) is 15.6. The third-order valence-electron chi connectivity index (χ3n) is 4.64. The number of rotatable bonds is 3. The minimum Gasteiger partial charge on any atom is -0.324 e. The number of nitrogens with zero attached hydrogens (tertiary/aromatic N) is 3. The van der Waals surface area contributed by atoms with Crippen molar-refractivity contribution in [3.05, 3.63) is 33.9 Å². The molecule has 0 saturated carbocycles. The Balaban J connectivity index is 1.89. The molecular weight excluding hydrogens is 374 g/mol. The second-order valence-electron chi connectivity index (χ2n) is 6.83. The molecule has 3 rings (SSSR count). The fourth-order valence-corrected chi connectivity index (χ4v) is 3.46. The van der Waals surface area contributed by atoms with Crippen molar-refractivity contribution in [3.8, 4) is 0 Å². The number of aryl methyl sites for hydroxylation is 1. The minimum absolute atomic E-state index is 0.0638. The Morgan fingerprint density at radius 1 is 1.41 bits per heavy atom. The van der Waals surface area contributed by atoms with Gasteiger partial charge in [-0.1, -0.05) is 0 Å². The van der Waals surface area contributed by atoms with Crippen LogP contribution in [0.4, 0.5) is 11.4 Å². The second-order valence-corrected chi connectivity index (χ2v) is 7.22. The van der Waals surface area contributed by atoms with Gasteiger partial charge >= 0.3 is 0 Å². The van der Waals surface area contributed by atoms with E-state index >= 15 is 0 Å². The Bertz CT molecular complexity index is 899. The van der Waals surface area contributed by atoms with Gasteiger partial charge in [0.1, 0.15) is 11.6 Å². The number of thiocarbonyl (C=S) groups is 1. The first-order chi connectivity index (χ1) is 12.5. The number of non-ortho nitro benzene ring substituents is 1. The van der Waals surface area contributed by atoms with Crippen LogP contribution in [0.2, 0.25) is 0 Å². The molecule has 27 heavy (non-hydrogen) atoms. The van der Waals surface area contributed by atoms with Crippen LogP contribution in [0.1, 0.15) is 25.8 Å². The van der Waals surface area contributed by atoms with Crippen LogP contribution in [0.25, 0.3) is 0 Å². The van der Waals surface area contributed by atoms with Gasteiger partial charge in [0.2, 0.25) is 17.7 Å². The maximum Gasteiger partial charge on any atom is 0.269 e. The van der Waals surface area contributed by atoms with Crippen molar-refractivity contribution >= 4 is 46.4 Å². The molecule has 2 fully saturated rings. The number of benzene rings is 1. The summed E-state index contributed by atoms with van der Waals surface area (Å²) in [6, 6.07) is 3.11. The average Bonchev–Trinajstić information content (AvgIpc) is 2.94. The fraction of sp³-hybridized carbons (Fsp3) is 0.375. The smallest absolute Gasteiger partial charge is 0.269 e. The van der Waals surface area contributed by atoms with Gasteiger partial charge in [-0.25, -0.2) is 5.01 Å². The molecule has 1 atom stereocenters. The van der Waals surface area contributed by atoms with Crippen molar-refractivity contribution < 1.29 is 19.3 Å². The summed E-state index contributed by atoms with van der Waals surface area (Å²) in [5.41, 5.74) is -0.365. The Labute approximate surface area is 159 Å². The zero-order chi connectivity index (χ0) is 20.1. The molecule has 2 heterocycles. The van der Waals surface area contributed by atoms with Crippen molar-refractivity contribution in [2.24, 2.45) is 0 Å². The van der Waals surface area contributed by atoms with E-state index in [1.54, 1.807) is 20.8 Å². The number of carbonyl (C=O) groups excluding carboxylic acids is 3. The molecule has 10 nitrogen and oxygen atoms in total. The molecular formula is C16H17N5O5S. The number of hydrogen-bond donors (Lipinski definition) is 2. The third-order valence-corrected chi connectivity index (χ3v) is 4.91. The largest absolute Gasteiger partial charge is 0.324 e. The van der Waals surface area contributed by atoms with Crippen LogP contribution < -0.4 is 10.6 Å². The zero-order valence-electron chi connectivity index (χ0n) is 14.8. The second kappa shape index (κ2) is 6.35. The fourth-order valence-electron chi connectivity index (χ4n) is 3.18. The van der Waals surface area contributed by atoms with Gasteiger partial charge in [-0.3, -0.25) is 29.8 Å². The molecule has 2 N–H and O–H groups in total. The summed E-state index contributed by atoms with van der Waals surface area (Å²) in [6.07, 6.45) is -0.142. The minimum atomic E-state index is -1.17. The molecule has 0 aliphatic carbocycles. The molecule has 11 heteroatoms. The molecule has 1 aromatic carbocycles. The van der Waals surface area contributed by atoms with E-state index in [2.05, 4.69) is 10.6 Å². The van der Waals surface area contributed by atoms with E-state index in [-0.39, 0.29) is 17.2 Å². The van der Waals surface area contributed by atoms with Gasteiger partial charge in [-0.05, 0) is 44.6 Å². The van der Waals surface area contributed by atoms with Gasteiger partial charge in [-0.15, -0.1) is 0 Å². The van der Waals surface area contributed by atoms with Gasteiger partial charge in [0.05, 0.1) is 11.3 Å². The number of anilines is 1. The lowest BCUT2D eigenvalue weighted by molar-refractivity contribution is -0.384. The van der Waals surface area contributed by atoms with Crippen LogP contribution in [-0.4, -0.2) is 49.4 Å². The lowest BCUT2D eigenvalue weighted by Crippen LogP contribution is -2.71. The molecule has 1 unspecified atom stereocenters. The molecule has 2 aliphatic rings. The van der Waals surface area contributed by atoms with Crippen LogP contribution in [0.3, 0.4) is 0 Å². The summed E-state index contributed by atoms with van der Waals surface area (Å²) in [7, 11) is 0. The van der Waals surface area contributed by atoms with Crippen LogP contribution in [0.5, 0.6) is 0 Å². The SMILES string of the molecule is Cc1cc([N+](=O)[O-])ccc1NC(=O)C1CC(=O)N2C(=S)NC(=O)C(C)(C)N12. The number of nitro groups is 1. The van der Waals surface area contributed by atoms with Crippen LogP contribution in [0, 0.1) is 17.0 Å². The predicted octanol–water partition coefficient (Wildman–Crippen LogP) is 0.853. The highest BCUT2D eigenvalue weighted by molar-refractivity contribution is 7.80. The van der Waals surface area contributed by atoms with E-state index in [1.807, 2.05) is 0 Å². The van der Waals surface area contributed by atoms with Crippen LogP contribution in [0.15, 0.2) is 18.2 Å². The number of carbonyl (C=O) groups is 3. The number of nitro benzene ring substituents is 1. The Hall–Kier alpha value is -2.92. The highest BCUT2D eigenvalue weighted by Crippen LogP contribution is 2.33. The van der Waals surface area contributed by atoms with Crippen LogP contribution >= 0.6 is 12.2 Å². The number of nitrogens with one attached hydrogen (secondary N) is 2. The number of hydrazine groups is 1. The van der Waals surface area contributed by atoms with E-state index in [1.165, 1.54) is 23.2 Å². The first-order valence-electron chi connectivity index (χ1n) is 8.07. The van der Waals surface area contributed by atoms with Gasteiger partial charge in [0, 0.05) is 17.8 Å². The monoisotopic (exact) mass is 391 g/mol. The highest BCUT2D eigenvalue weighted by atomic mass is 32.1. The van der Waals surface area contributed by atoms with E-state index in [0.717, 1.165) is 5.01 Å². The van der Waals surface area contributed by atoms with E-state index < -0.39 is 34.2 Å². The third kappa shape index (κ3) is 3.04. The van der Waals surface area contributed by atoms with Crippen molar-refractivity contribution in [3.63, 3.8) is 0 Å². The topological polar surface area (TPSA) is 125 Å². The maximum absolute atomic E-state index is 12.8. The first kappa shape index (κ1) is 18.9. The normalized spacial score (nSPS) is 21.7. The Morgan fingerprint density at radius 3 is 2.67 bits per heavy atom. The van der Waals surface area contributed by atoms with Gasteiger partial charge in [-0.2, -0.15) is 5.01 Å². The number of hydrogen-bond acceptors (Lipinski definition) is 7. The van der Waals surface area contributed by atoms with Crippen molar-refractivity contribution in [2.75, 3.05) is 5.32 Å². The van der Waals surface area contributed by atoms with Crippen molar-refractivity contribution in [1.82, 2.24) is 15.3 Å². The quantitative estimate of drug-likeness (QED) is 0.445. The van der Waals surface area contributed by atoms with Crippen LogP contribution in [-0.2, 0) is 14.4 Å². The Morgan fingerprint density at radius 2 is 2.07 bits per heavy atom. The lowest BCUT2D eigenvalue weighted by atomic mass is 10.00. The highest BCUT2D eigenvalue weighted by Gasteiger charge is 2.56. The van der Waals surface area contributed by atoms with Crippen molar-refractivity contribution in [2.45, 2.75) is 38.8 Å². The molecule has 0 aromatic heterocycles. The van der Waals surface area contributed by atoms with Gasteiger partial charge in [0.25, 0.3) is 5.69 Å². The van der Waals surface area contributed by atoms with E-state index in [4.69, 9.17) is 12.2 Å². The summed E-state index contributed by atoms with van der Waals surface area (Å²) in [4.78, 5) is 47.8. The standard InChI is InChI=1S/C16H17N5O5S/c1-8-6-9(21(25)26)4-5-10(8)17-13(23)11-7-12(22)19-15(27)18-14(24)16(2,3)20(11)19/h4-6,11H,7H2,1-3H3,(H,17,23)(H,18,24,27). The summed E-state index contributed by atoms with van der Waals surface area (Å²) < 4.78 is 0. The first-order valence-corrected chi connectivity index (χ1v) is 8.48. The van der Waals surface area contributed by atoms with Crippen molar-refractivity contribution in [1.29, 1.82) is 0 Å². The number of fused-ring (bicyclic) bond motifs is 1. The van der Waals surface area contributed by atoms with Gasteiger partial charge < -0.3 is 5.32 Å². The van der Waals surface area contributed by atoms with Gasteiger partial charge in [0.15, 0.2) is 5.11 Å². The van der Waals surface area contributed by atoms with E-state index in [0.29, 0.717) is 11.3 Å². The maximum atomic E-state index is 12.8. The molecule has 0 radical (unpaired) electrons. The molecule has 1 aromatic rings. The number of amides is 3. The summed E-state index contributed by atoms with van der Waals surface area (Å²) in [5, 5.41) is 18.5. The predicted molar refractivity (Wildman–Crippen MR) is 98.4 cm³/mol.